The number of benzene rings is 20. The number of anilines is 6. The second-order valence-corrected chi connectivity index (χ2v) is 30.2. The maximum Gasteiger partial charge on any atom is 0.135 e. The molecule has 0 amide bonds. The van der Waals surface area contributed by atoms with E-state index in [0.29, 0.717) is 0 Å². The molecule has 0 aliphatic carbocycles. The van der Waals surface area contributed by atoms with Gasteiger partial charge in [-0.2, -0.15) is 0 Å². The highest BCUT2D eigenvalue weighted by molar-refractivity contribution is 6.15. The number of hydrogen-bond acceptors (Lipinski definition) is 4. The molecule has 0 aliphatic heterocycles. The highest BCUT2D eigenvalue weighted by atomic mass is 16.3. The Balaban J connectivity index is 0.597. The van der Waals surface area contributed by atoms with Gasteiger partial charge in [-0.15, -0.1) is 0 Å². The van der Waals surface area contributed by atoms with E-state index in [0.717, 1.165) is 150 Å². The van der Waals surface area contributed by atoms with Gasteiger partial charge >= 0.3 is 0 Å². The monoisotopic (exact) mass is 1480 g/mol. The third-order valence-electron chi connectivity index (χ3n) is 23.5. The van der Waals surface area contributed by atoms with Crippen molar-refractivity contribution in [3.8, 4) is 100 Å². The summed E-state index contributed by atoms with van der Waals surface area (Å²) in [5.41, 5.74) is 30.6. The molecular formula is C112H72N2O2. The Kier molecular flexibility index (Phi) is 16.6. The zero-order chi connectivity index (χ0) is 76.6. The van der Waals surface area contributed by atoms with Crippen LogP contribution in [0.5, 0.6) is 0 Å². The van der Waals surface area contributed by atoms with Crippen molar-refractivity contribution in [2.24, 2.45) is 0 Å². The minimum absolute atomic E-state index is 0.887. The van der Waals surface area contributed by atoms with Crippen molar-refractivity contribution < 1.29 is 8.83 Å². The van der Waals surface area contributed by atoms with Crippen LogP contribution < -0.4 is 9.80 Å². The molecule has 0 bridgehead atoms. The van der Waals surface area contributed by atoms with Crippen molar-refractivity contribution in [3.63, 3.8) is 0 Å². The fourth-order valence-corrected chi connectivity index (χ4v) is 17.8. The normalized spacial score (nSPS) is 11.6. The van der Waals surface area contributed by atoms with Crippen molar-refractivity contribution in [3.05, 3.63) is 437 Å². The molecule has 2 heterocycles. The zero-order valence-electron chi connectivity index (χ0n) is 63.3. The largest absolute Gasteiger partial charge is 0.456 e. The summed E-state index contributed by atoms with van der Waals surface area (Å²) in [6.45, 7) is 0. The van der Waals surface area contributed by atoms with Crippen molar-refractivity contribution >= 4 is 121 Å². The third-order valence-corrected chi connectivity index (χ3v) is 23.5. The Hall–Kier alpha value is -15.4. The van der Waals surface area contributed by atoms with Gasteiger partial charge < -0.3 is 18.6 Å². The quantitative estimate of drug-likeness (QED) is 0.0958. The summed E-state index contributed by atoms with van der Waals surface area (Å²) < 4.78 is 12.5. The van der Waals surface area contributed by atoms with Crippen molar-refractivity contribution in [1.82, 2.24) is 0 Å². The molecule has 2 aromatic heterocycles. The van der Waals surface area contributed by atoms with Gasteiger partial charge in [0.1, 0.15) is 22.3 Å². The number of fused-ring (bicyclic) bond motifs is 11. The highest BCUT2D eigenvalue weighted by Gasteiger charge is 2.23. The summed E-state index contributed by atoms with van der Waals surface area (Å²) in [4.78, 5) is 4.83. The average molecular weight is 1480 g/mol. The molecule has 0 N–H and O–H groups in total. The van der Waals surface area contributed by atoms with Crippen LogP contribution in [-0.2, 0) is 0 Å². The van der Waals surface area contributed by atoms with Crippen LogP contribution in [0.25, 0.3) is 187 Å². The van der Waals surface area contributed by atoms with Crippen molar-refractivity contribution in [1.29, 1.82) is 0 Å². The van der Waals surface area contributed by atoms with Gasteiger partial charge in [-0.1, -0.05) is 315 Å². The van der Waals surface area contributed by atoms with Crippen LogP contribution in [0, 0.1) is 0 Å². The molecule has 0 fully saturated rings. The topological polar surface area (TPSA) is 32.8 Å². The Morgan fingerprint density at radius 3 is 0.922 bits per heavy atom. The minimum Gasteiger partial charge on any atom is -0.456 e. The van der Waals surface area contributed by atoms with E-state index >= 15 is 0 Å². The molecular weight excluding hydrogens is 1410 g/mol. The molecule has 0 saturated heterocycles. The van der Waals surface area contributed by atoms with Gasteiger partial charge in [0.05, 0.1) is 11.4 Å². The Bertz CT molecular complexity index is 7570. The van der Waals surface area contributed by atoms with Gasteiger partial charge in [-0.3, -0.25) is 0 Å². The van der Waals surface area contributed by atoms with Gasteiger partial charge in [0, 0.05) is 55.4 Å². The minimum atomic E-state index is 0.887. The molecule has 0 saturated carbocycles. The van der Waals surface area contributed by atoms with Crippen molar-refractivity contribution in [2.45, 2.75) is 0 Å². The predicted octanol–water partition coefficient (Wildman–Crippen LogP) is 32.0. The molecule has 0 unspecified atom stereocenters. The standard InChI is InChI=1S/C112H72N2O2/c1-3-30-91-76(21-1)23-18-38-92(91)82-26-16-28-84(68-82)96-32-7-11-43-107(96)113(88-59-49-74(50-60-88)79-55-65-111-105(70-79)102-36-9-13-45-109(102)115-111)87-57-47-73(48-58-87)78-24-15-25-81(67-78)94-39-19-42-100-95(40-20-41-99(94)100)83-27-17-29-85(69-83)97-33-8-12-44-108(97)114(89-61-51-75(52-62-89)80-56-66-112-106(71-80)103-37-10-14-46-110(103)116-112)90-63-53-77(54-64-90)104-72-86-22-2-4-31-93(86)98-34-5-6-35-101(98)104/h1-72H. The van der Waals surface area contributed by atoms with Crippen LogP contribution in [-0.4, -0.2) is 0 Å². The zero-order valence-corrected chi connectivity index (χ0v) is 63.3. The molecule has 542 valence electrons. The summed E-state index contributed by atoms with van der Waals surface area (Å²) in [7, 11) is 0. The van der Waals surface area contributed by atoms with E-state index < -0.39 is 0 Å². The lowest BCUT2D eigenvalue weighted by molar-refractivity contribution is 0.668. The van der Waals surface area contributed by atoms with Crippen LogP contribution >= 0.6 is 0 Å². The third kappa shape index (κ3) is 12.0. The first-order valence-electron chi connectivity index (χ1n) is 39.7. The smallest absolute Gasteiger partial charge is 0.135 e. The lowest BCUT2D eigenvalue weighted by Gasteiger charge is -2.28. The summed E-state index contributed by atoms with van der Waals surface area (Å²) >= 11 is 0. The van der Waals surface area contributed by atoms with E-state index in [9.17, 15) is 0 Å². The number of nitrogens with zero attached hydrogens (tertiary/aromatic N) is 2. The summed E-state index contributed by atoms with van der Waals surface area (Å²) in [5, 5.41) is 14.3. The molecule has 22 rings (SSSR count). The molecule has 20 aromatic carbocycles. The molecule has 4 nitrogen and oxygen atoms in total. The fraction of sp³-hybridized carbons (Fsp3) is 0. The number of furan rings is 2. The lowest BCUT2D eigenvalue weighted by atomic mass is 9.90. The van der Waals surface area contributed by atoms with Crippen LogP contribution in [0.2, 0.25) is 0 Å². The van der Waals surface area contributed by atoms with Crippen molar-refractivity contribution in [2.75, 3.05) is 9.80 Å². The molecule has 0 radical (unpaired) electrons. The molecule has 4 heteroatoms. The second-order valence-electron chi connectivity index (χ2n) is 30.2. The highest BCUT2D eigenvalue weighted by Crippen LogP contribution is 2.48. The average Bonchev–Trinajstić information content (AvgIpc) is 1.14. The first-order valence-corrected chi connectivity index (χ1v) is 39.7. The predicted molar refractivity (Wildman–Crippen MR) is 489 cm³/mol. The second kappa shape index (κ2) is 28.4. The van der Waals surface area contributed by atoms with E-state index in [2.05, 4.69) is 422 Å². The van der Waals surface area contributed by atoms with Crippen LogP contribution in [0.4, 0.5) is 34.1 Å². The maximum atomic E-state index is 6.26. The van der Waals surface area contributed by atoms with Gasteiger partial charge in [-0.05, 0) is 253 Å². The molecule has 0 spiro atoms. The first-order chi connectivity index (χ1) is 57.5. The Labute approximate surface area is 672 Å². The van der Waals surface area contributed by atoms with E-state index in [-0.39, 0.29) is 0 Å². The van der Waals surface area contributed by atoms with Gasteiger partial charge in [0.15, 0.2) is 0 Å². The summed E-state index contributed by atoms with van der Waals surface area (Å²) in [5.74, 6) is 0. The van der Waals surface area contributed by atoms with Crippen LogP contribution in [0.15, 0.2) is 446 Å². The maximum absolute atomic E-state index is 6.26. The summed E-state index contributed by atoms with van der Waals surface area (Å²) in [6, 6.07) is 159. The van der Waals surface area contributed by atoms with E-state index in [1.807, 2.05) is 24.3 Å². The Morgan fingerprint density at radius 2 is 0.431 bits per heavy atom. The van der Waals surface area contributed by atoms with Crippen LogP contribution in [0.1, 0.15) is 0 Å². The molecule has 116 heavy (non-hydrogen) atoms. The summed E-state index contributed by atoms with van der Waals surface area (Å²) in [6.07, 6.45) is 0. The molecule has 0 aliphatic rings. The number of para-hydroxylation sites is 4. The van der Waals surface area contributed by atoms with Gasteiger partial charge in [-0.25, -0.2) is 0 Å². The van der Waals surface area contributed by atoms with E-state index in [1.165, 1.54) is 70.9 Å². The SMILES string of the molecule is c1cc(-c2ccccc2N(c2ccc(-c3cccc(-c4cccc5c(-c6cccc(-c7ccccc7N(c7ccc(-c8ccc9oc%10ccccc%10c9c8)cc7)c7ccc(-c8cc9ccccc9c9ccccc89)cc7)c6)cccc45)c3)cc2)c2ccc(-c3ccc4oc5ccccc5c4c3)cc2)cc(-c2cccc3ccccc23)c1. The number of hydrogen-bond donors (Lipinski definition) is 0. The van der Waals surface area contributed by atoms with Gasteiger partial charge in [0.25, 0.3) is 0 Å². The fourth-order valence-electron chi connectivity index (χ4n) is 17.8. The van der Waals surface area contributed by atoms with Gasteiger partial charge in [0.2, 0.25) is 0 Å². The first kappa shape index (κ1) is 67.5. The molecule has 22 aromatic rings. The van der Waals surface area contributed by atoms with Crippen LogP contribution in [0.3, 0.4) is 0 Å². The molecule has 0 atom stereocenters. The van der Waals surface area contributed by atoms with E-state index in [1.54, 1.807) is 0 Å². The number of rotatable bonds is 15. The van der Waals surface area contributed by atoms with E-state index in [4.69, 9.17) is 8.83 Å². The Morgan fingerprint density at radius 1 is 0.138 bits per heavy atom. The lowest BCUT2D eigenvalue weighted by Crippen LogP contribution is -2.11.